The summed E-state index contributed by atoms with van der Waals surface area (Å²) in [6.07, 6.45) is 7.98. The summed E-state index contributed by atoms with van der Waals surface area (Å²) >= 11 is 7.79. The van der Waals surface area contributed by atoms with Crippen LogP contribution in [0.2, 0.25) is 5.15 Å². The van der Waals surface area contributed by atoms with E-state index in [-0.39, 0.29) is 5.91 Å². The molecule has 1 amide bonds. The van der Waals surface area contributed by atoms with Gasteiger partial charge in [-0.25, -0.2) is 9.97 Å². The second kappa shape index (κ2) is 14.7. The molecule has 0 unspecified atom stereocenters. The topological polar surface area (TPSA) is 52.6 Å². The average Bonchev–Trinajstić information content (AvgIpc) is 2.96. The van der Waals surface area contributed by atoms with Crippen LogP contribution in [0.3, 0.4) is 0 Å². The van der Waals surface area contributed by atoms with Crippen molar-refractivity contribution in [3.8, 4) is 0 Å². The number of benzene rings is 2. The van der Waals surface area contributed by atoms with Crippen molar-refractivity contribution in [3.63, 3.8) is 0 Å². The maximum atomic E-state index is 13.1. The summed E-state index contributed by atoms with van der Waals surface area (Å²) in [6, 6.07) is 19.9. The molecule has 3 aromatic rings. The molecule has 0 atom stereocenters. The molecule has 1 aliphatic heterocycles. The number of hydrogen-bond donors (Lipinski definition) is 0. The largest absolute Gasteiger partial charge is 0.349 e. The zero-order chi connectivity index (χ0) is 27.5. The SMILES string of the molecule is C=CCN(CC=C)c1cc(Cl)nc(SCc2ccc(C(=O)N3CCN(C/C=C/c4ccccc4)CC3)cc2)n1. The van der Waals surface area contributed by atoms with Gasteiger partial charge in [0.2, 0.25) is 0 Å². The number of thioether (sulfide) groups is 1. The molecular formula is C31H34ClN5OS. The van der Waals surface area contributed by atoms with Crippen LogP contribution in [0.4, 0.5) is 5.82 Å². The first kappa shape index (κ1) is 28.6. The molecule has 4 rings (SSSR count). The third-order valence-electron chi connectivity index (χ3n) is 6.39. The average molecular weight is 560 g/mol. The molecule has 0 spiro atoms. The zero-order valence-electron chi connectivity index (χ0n) is 22.1. The highest BCUT2D eigenvalue weighted by atomic mass is 35.5. The summed E-state index contributed by atoms with van der Waals surface area (Å²) in [6.45, 7) is 13.0. The minimum atomic E-state index is 0.0843. The number of nitrogens with zero attached hydrogens (tertiary/aromatic N) is 5. The number of anilines is 1. The minimum Gasteiger partial charge on any atom is -0.349 e. The van der Waals surface area contributed by atoms with Gasteiger partial charge in [0.25, 0.3) is 5.91 Å². The molecule has 0 N–H and O–H groups in total. The molecule has 6 nitrogen and oxygen atoms in total. The van der Waals surface area contributed by atoms with Gasteiger partial charge >= 0.3 is 0 Å². The van der Waals surface area contributed by atoms with E-state index in [2.05, 4.69) is 52.3 Å². The van der Waals surface area contributed by atoms with Crippen LogP contribution in [0.25, 0.3) is 6.08 Å². The molecule has 2 heterocycles. The first-order valence-corrected chi connectivity index (χ1v) is 14.4. The standard InChI is InChI=1S/C31H34ClN5OS/c1-3-16-36(17-4-2)29-23-28(32)33-31(34-29)39-24-26-12-14-27(15-13-26)30(38)37-21-19-35(20-22-37)18-8-11-25-9-6-5-7-10-25/h3-15,23H,1-2,16-22,24H2/b11-8+. The summed E-state index contributed by atoms with van der Waals surface area (Å²) in [5.74, 6) is 1.50. The van der Waals surface area contributed by atoms with Crippen LogP contribution < -0.4 is 4.90 Å². The first-order valence-electron chi connectivity index (χ1n) is 13.0. The van der Waals surface area contributed by atoms with Crippen molar-refractivity contribution in [2.45, 2.75) is 10.9 Å². The number of hydrogen-bond acceptors (Lipinski definition) is 6. The van der Waals surface area contributed by atoms with E-state index in [1.54, 1.807) is 6.07 Å². The highest BCUT2D eigenvalue weighted by Gasteiger charge is 2.21. The van der Waals surface area contributed by atoms with Crippen LogP contribution in [-0.2, 0) is 5.75 Å². The predicted molar refractivity (Wildman–Crippen MR) is 163 cm³/mol. The number of amides is 1. The Morgan fingerprint density at radius 3 is 2.33 bits per heavy atom. The molecule has 2 aromatic carbocycles. The minimum absolute atomic E-state index is 0.0843. The van der Waals surface area contributed by atoms with E-state index in [1.165, 1.54) is 17.3 Å². The number of carbonyl (C=O) groups excluding carboxylic acids is 1. The number of carbonyl (C=O) groups is 1. The van der Waals surface area contributed by atoms with E-state index in [0.29, 0.717) is 34.7 Å². The van der Waals surface area contributed by atoms with Crippen molar-refractivity contribution >= 4 is 41.2 Å². The van der Waals surface area contributed by atoms with Crippen molar-refractivity contribution in [2.24, 2.45) is 0 Å². The molecule has 8 heteroatoms. The van der Waals surface area contributed by atoms with Gasteiger partial charge in [0.15, 0.2) is 5.16 Å². The lowest BCUT2D eigenvalue weighted by molar-refractivity contribution is 0.0650. The van der Waals surface area contributed by atoms with Crippen molar-refractivity contribution in [1.29, 1.82) is 0 Å². The third-order valence-corrected chi connectivity index (χ3v) is 7.50. The van der Waals surface area contributed by atoms with Gasteiger partial charge in [0.05, 0.1) is 0 Å². The normalized spacial score (nSPS) is 13.9. The molecule has 1 saturated heterocycles. The lowest BCUT2D eigenvalue weighted by Crippen LogP contribution is -2.48. The summed E-state index contributed by atoms with van der Waals surface area (Å²) in [5, 5.41) is 1.00. The van der Waals surface area contributed by atoms with Crippen LogP contribution in [-0.4, -0.2) is 71.5 Å². The second-order valence-corrected chi connectivity index (χ2v) is 10.5. The fraction of sp³-hybridized carbons (Fsp3) is 0.258. The Kier molecular flexibility index (Phi) is 10.8. The number of rotatable bonds is 12. The molecule has 1 aromatic heterocycles. The van der Waals surface area contributed by atoms with E-state index >= 15 is 0 Å². The third kappa shape index (κ3) is 8.55. The molecular weight excluding hydrogens is 526 g/mol. The van der Waals surface area contributed by atoms with Gasteiger partial charge in [-0.3, -0.25) is 9.69 Å². The molecule has 0 bridgehead atoms. The predicted octanol–water partition coefficient (Wildman–Crippen LogP) is 6.07. The van der Waals surface area contributed by atoms with E-state index in [1.807, 2.05) is 64.4 Å². The van der Waals surface area contributed by atoms with Gasteiger partial charge in [0.1, 0.15) is 11.0 Å². The molecule has 0 radical (unpaired) electrons. The van der Waals surface area contributed by atoms with Crippen molar-refractivity contribution < 1.29 is 4.79 Å². The highest BCUT2D eigenvalue weighted by molar-refractivity contribution is 7.98. The van der Waals surface area contributed by atoms with E-state index in [9.17, 15) is 4.79 Å². The molecule has 39 heavy (non-hydrogen) atoms. The van der Waals surface area contributed by atoms with Crippen molar-refractivity contribution in [3.05, 3.63) is 114 Å². The van der Waals surface area contributed by atoms with E-state index in [0.717, 1.165) is 44.1 Å². The lowest BCUT2D eigenvalue weighted by atomic mass is 10.1. The quantitative estimate of drug-likeness (QED) is 0.116. The Morgan fingerprint density at radius 1 is 0.974 bits per heavy atom. The molecule has 1 fully saturated rings. The number of halogens is 1. The molecule has 1 aliphatic rings. The van der Waals surface area contributed by atoms with Gasteiger partial charge in [-0.05, 0) is 23.3 Å². The van der Waals surface area contributed by atoms with E-state index < -0.39 is 0 Å². The summed E-state index contributed by atoms with van der Waals surface area (Å²) < 4.78 is 0. The Bertz CT molecular complexity index is 1260. The smallest absolute Gasteiger partial charge is 0.253 e. The van der Waals surface area contributed by atoms with Gasteiger partial charge in [-0.15, -0.1) is 13.2 Å². The molecule has 0 aliphatic carbocycles. The Balaban J connectivity index is 1.27. The maximum Gasteiger partial charge on any atom is 0.253 e. The fourth-order valence-corrected chi connectivity index (χ4v) is 5.33. The monoisotopic (exact) mass is 559 g/mol. The first-order chi connectivity index (χ1) is 19.1. The van der Waals surface area contributed by atoms with Gasteiger partial charge in [0, 0.05) is 63.2 Å². The van der Waals surface area contributed by atoms with Crippen LogP contribution >= 0.6 is 23.4 Å². The van der Waals surface area contributed by atoms with Gasteiger partial charge in [-0.2, -0.15) is 0 Å². The van der Waals surface area contributed by atoms with E-state index in [4.69, 9.17) is 11.6 Å². The number of aromatic nitrogens is 2. The number of piperazine rings is 1. The summed E-state index contributed by atoms with van der Waals surface area (Å²) in [7, 11) is 0. The maximum absolute atomic E-state index is 13.1. The summed E-state index contributed by atoms with van der Waals surface area (Å²) in [4.78, 5) is 28.5. The van der Waals surface area contributed by atoms with Crippen LogP contribution in [0.1, 0.15) is 21.5 Å². The molecule has 202 valence electrons. The van der Waals surface area contributed by atoms with Gasteiger partial charge < -0.3 is 9.80 Å². The van der Waals surface area contributed by atoms with Gasteiger partial charge in [-0.1, -0.05) is 90.1 Å². The highest BCUT2D eigenvalue weighted by Crippen LogP contribution is 2.25. The Hall–Kier alpha value is -3.39. The molecule has 0 saturated carbocycles. The summed E-state index contributed by atoms with van der Waals surface area (Å²) in [5.41, 5.74) is 3.01. The van der Waals surface area contributed by atoms with Crippen LogP contribution in [0.15, 0.2) is 97.2 Å². The van der Waals surface area contributed by atoms with Crippen molar-refractivity contribution in [1.82, 2.24) is 19.8 Å². The zero-order valence-corrected chi connectivity index (χ0v) is 23.7. The van der Waals surface area contributed by atoms with Crippen LogP contribution in [0.5, 0.6) is 0 Å². The second-order valence-electron chi connectivity index (χ2n) is 9.21. The van der Waals surface area contributed by atoms with Crippen LogP contribution in [0, 0.1) is 0 Å². The Morgan fingerprint density at radius 2 is 1.67 bits per heavy atom. The Labute approximate surface area is 240 Å². The fourth-order valence-electron chi connectivity index (χ4n) is 4.29. The van der Waals surface area contributed by atoms with Crippen molar-refractivity contribution in [2.75, 3.05) is 50.7 Å². The lowest BCUT2D eigenvalue weighted by Gasteiger charge is -2.34.